The second-order valence-electron chi connectivity index (χ2n) is 2.16. The fourth-order valence-electron chi connectivity index (χ4n) is 0.765. The van der Waals surface area contributed by atoms with E-state index in [1.54, 1.807) is 6.92 Å². The monoisotopic (exact) mass is 247 g/mol. The zero-order chi connectivity index (χ0) is 8.97. The van der Waals surface area contributed by atoms with Crippen molar-refractivity contribution in [3.05, 3.63) is 20.8 Å². The Morgan fingerprint density at radius 3 is 3.08 bits per heavy atom. The summed E-state index contributed by atoms with van der Waals surface area (Å²) in [6.45, 7) is 2.23. The Morgan fingerprint density at radius 1 is 1.83 bits per heavy atom. The Labute approximate surface area is 83.7 Å². The van der Waals surface area contributed by atoms with Gasteiger partial charge in [-0.25, -0.2) is 0 Å². The summed E-state index contributed by atoms with van der Waals surface area (Å²) in [6.07, 6.45) is 0.315. The zero-order valence-electron chi connectivity index (χ0n) is 6.59. The minimum absolute atomic E-state index is 0.195. The Bertz CT molecular complexity index is 270. The smallest absolute Gasteiger partial charge is 0.310 e. The van der Waals surface area contributed by atoms with Gasteiger partial charge in [0.2, 0.25) is 0 Å². The summed E-state index contributed by atoms with van der Waals surface area (Å²) in [4.78, 5) is 11.0. The fraction of sp³-hybridized carbons (Fsp3) is 0.375. The Morgan fingerprint density at radius 2 is 2.58 bits per heavy atom. The molecule has 4 heteroatoms. The second kappa shape index (κ2) is 4.62. The Balaban J connectivity index is 2.46. The molecule has 0 bridgehead atoms. The molecule has 0 spiro atoms. The van der Waals surface area contributed by atoms with Crippen molar-refractivity contribution in [1.82, 2.24) is 0 Å². The molecule has 0 aromatic carbocycles. The molecule has 1 radical (unpaired) electrons. The van der Waals surface area contributed by atoms with E-state index >= 15 is 0 Å². The van der Waals surface area contributed by atoms with E-state index in [2.05, 4.69) is 21.3 Å². The number of ether oxygens (including phenoxy) is 1. The summed E-state index contributed by atoms with van der Waals surface area (Å²) in [7, 11) is 0. The summed E-state index contributed by atoms with van der Waals surface area (Å²) in [5.74, 6) is -0.195. The second-order valence-corrected chi connectivity index (χ2v) is 4.39. The zero-order valence-corrected chi connectivity index (χ0v) is 9.00. The summed E-state index contributed by atoms with van der Waals surface area (Å²) < 4.78 is 5.77. The van der Waals surface area contributed by atoms with E-state index in [9.17, 15) is 4.79 Å². The summed E-state index contributed by atoms with van der Waals surface area (Å²) >= 11 is 4.74. The standard InChI is InChI=1S/C8H8BrO2S/c1-2-11-8(10)4-6-3-7(9)12-5-6/h3H,2,4H2,1H3. The first-order valence-corrected chi connectivity index (χ1v) is 5.15. The average Bonchev–Trinajstić information content (AvgIpc) is 2.36. The number of carbonyl (C=O) groups excluding carboxylic acids is 1. The molecule has 0 unspecified atom stereocenters. The van der Waals surface area contributed by atoms with E-state index in [0.717, 1.165) is 9.35 Å². The molecule has 0 aliphatic carbocycles. The number of rotatable bonds is 3. The third kappa shape index (κ3) is 2.95. The van der Waals surface area contributed by atoms with Crippen LogP contribution >= 0.6 is 27.3 Å². The van der Waals surface area contributed by atoms with Gasteiger partial charge in [0.25, 0.3) is 0 Å². The number of esters is 1. The number of carbonyl (C=O) groups is 1. The largest absolute Gasteiger partial charge is 0.466 e. The van der Waals surface area contributed by atoms with Crippen LogP contribution in [-0.2, 0) is 16.0 Å². The molecule has 1 rings (SSSR count). The van der Waals surface area contributed by atoms with Gasteiger partial charge in [-0.3, -0.25) is 4.79 Å². The molecule has 0 aliphatic heterocycles. The lowest BCUT2D eigenvalue weighted by molar-refractivity contribution is -0.142. The van der Waals surface area contributed by atoms with Crippen LogP contribution in [0.15, 0.2) is 9.85 Å². The highest BCUT2D eigenvalue weighted by atomic mass is 79.9. The van der Waals surface area contributed by atoms with Crippen molar-refractivity contribution in [2.75, 3.05) is 6.61 Å². The van der Waals surface area contributed by atoms with Crippen LogP contribution in [0.4, 0.5) is 0 Å². The van der Waals surface area contributed by atoms with Gasteiger partial charge in [-0.05, 0) is 34.5 Å². The number of halogens is 1. The molecule has 0 N–H and O–H groups in total. The quantitative estimate of drug-likeness (QED) is 0.768. The van der Waals surface area contributed by atoms with Crippen LogP contribution in [0.2, 0.25) is 0 Å². The maximum Gasteiger partial charge on any atom is 0.310 e. The maximum absolute atomic E-state index is 11.0. The van der Waals surface area contributed by atoms with Crippen molar-refractivity contribution in [2.24, 2.45) is 0 Å². The molecule has 1 heterocycles. The lowest BCUT2D eigenvalue weighted by Gasteiger charge is -1.97. The van der Waals surface area contributed by atoms with Crippen molar-refractivity contribution >= 4 is 33.2 Å². The molecule has 0 aliphatic rings. The first-order valence-electron chi connectivity index (χ1n) is 3.54. The Kier molecular flexibility index (Phi) is 3.75. The molecule has 0 amide bonds. The number of hydrogen-bond acceptors (Lipinski definition) is 3. The molecule has 2 nitrogen and oxygen atoms in total. The highest BCUT2D eigenvalue weighted by molar-refractivity contribution is 9.11. The maximum atomic E-state index is 11.0. The molecule has 1 aromatic heterocycles. The molecule has 0 saturated heterocycles. The Hall–Kier alpha value is -0.350. The third-order valence-corrected chi connectivity index (χ3v) is 2.60. The first-order chi connectivity index (χ1) is 5.72. The van der Waals surface area contributed by atoms with E-state index in [0.29, 0.717) is 13.0 Å². The van der Waals surface area contributed by atoms with Gasteiger partial charge in [0.1, 0.15) is 0 Å². The average molecular weight is 248 g/mol. The SMILES string of the molecule is CCOC(=O)Cc1[c]sc(Br)c1. The molecule has 12 heavy (non-hydrogen) atoms. The van der Waals surface area contributed by atoms with Crippen LogP contribution in [0.5, 0.6) is 0 Å². The predicted octanol–water partition coefficient (Wildman–Crippen LogP) is 2.42. The van der Waals surface area contributed by atoms with Crippen molar-refractivity contribution in [3.63, 3.8) is 0 Å². The van der Waals surface area contributed by atoms with Crippen molar-refractivity contribution in [2.45, 2.75) is 13.3 Å². The topological polar surface area (TPSA) is 26.3 Å². The van der Waals surface area contributed by atoms with Gasteiger partial charge in [-0.2, -0.15) is 0 Å². The normalized spacial score (nSPS) is 9.83. The summed E-state index contributed by atoms with van der Waals surface area (Å²) in [6, 6.07) is 1.88. The molecule has 0 saturated carbocycles. The van der Waals surface area contributed by atoms with Gasteiger partial charge in [-0.15, -0.1) is 11.3 Å². The molecule has 65 valence electrons. The molecule has 0 fully saturated rings. The number of thiophene rings is 1. The van der Waals surface area contributed by atoms with Crippen molar-refractivity contribution < 1.29 is 9.53 Å². The molecule has 0 atom stereocenters. The van der Waals surface area contributed by atoms with E-state index in [1.165, 1.54) is 11.3 Å². The van der Waals surface area contributed by atoms with Crippen LogP contribution in [0, 0.1) is 5.38 Å². The van der Waals surface area contributed by atoms with Crippen LogP contribution in [0.25, 0.3) is 0 Å². The van der Waals surface area contributed by atoms with Gasteiger partial charge in [0, 0.05) is 5.38 Å². The van der Waals surface area contributed by atoms with Gasteiger partial charge >= 0.3 is 5.97 Å². The lowest BCUT2D eigenvalue weighted by Crippen LogP contribution is -2.06. The van der Waals surface area contributed by atoms with Gasteiger partial charge in [0.05, 0.1) is 16.8 Å². The molecule has 1 aromatic rings. The van der Waals surface area contributed by atoms with E-state index in [4.69, 9.17) is 4.74 Å². The third-order valence-electron chi connectivity index (χ3n) is 1.21. The summed E-state index contributed by atoms with van der Waals surface area (Å²) in [5, 5.41) is 2.99. The van der Waals surface area contributed by atoms with Crippen LogP contribution in [-0.4, -0.2) is 12.6 Å². The highest BCUT2D eigenvalue weighted by Crippen LogP contribution is 2.20. The van der Waals surface area contributed by atoms with E-state index < -0.39 is 0 Å². The van der Waals surface area contributed by atoms with Gasteiger partial charge in [-0.1, -0.05) is 0 Å². The van der Waals surface area contributed by atoms with E-state index in [-0.39, 0.29) is 5.97 Å². The molecular weight excluding hydrogens is 240 g/mol. The molecular formula is C8H8BrO2S. The first kappa shape index (κ1) is 9.74. The van der Waals surface area contributed by atoms with Gasteiger partial charge < -0.3 is 4.74 Å². The van der Waals surface area contributed by atoms with Gasteiger partial charge in [0.15, 0.2) is 0 Å². The number of hydrogen-bond donors (Lipinski definition) is 0. The minimum Gasteiger partial charge on any atom is -0.466 e. The minimum atomic E-state index is -0.195. The predicted molar refractivity (Wildman–Crippen MR) is 51.2 cm³/mol. The van der Waals surface area contributed by atoms with Crippen LogP contribution < -0.4 is 0 Å². The fourth-order valence-corrected chi connectivity index (χ4v) is 1.84. The van der Waals surface area contributed by atoms with Crippen molar-refractivity contribution in [3.8, 4) is 0 Å². The summed E-state index contributed by atoms with van der Waals surface area (Å²) in [5.41, 5.74) is 0.880. The highest BCUT2D eigenvalue weighted by Gasteiger charge is 2.05. The van der Waals surface area contributed by atoms with Crippen LogP contribution in [0.3, 0.4) is 0 Å². The van der Waals surface area contributed by atoms with E-state index in [1.807, 2.05) is 6.07 Å². The van der Waals surface area contributed by atoms with Crippen LogP contribution in [0.1, 0.15) is 12.5 Å². The van der Waals surface area contributed by atoms with Crippen molar-refractivity contribution in [1.29, 1.82) is 0 Å². The lowest BCUT2D eigenvalue weighted by atomic mass is 10.2.